The Bertz CT molecular complexity index is 58.7. The summed E-state index contributed by atoms with van der Waals surface area (Å²) >= 11 is 0.787. The number of thioether (sulfide) groups is 1. The second kappa shape index (κ2) is 1.99. The molecular formula is C4H6F2S. The van der Waals surface area contributed by atoms with Crippen LogP contribution in [0.2, 0.25) is 0 Å². The van der Waals surface area contributed by atoms with E-state index in [2.05, 4.69) is 0 Å². The van der Waals surface area contributed by atoms with Gasteiger partial charge in [-0.05, 0) is 12.8 Å². The van der Waals surface area contributed by atoms with Crippen LogP contribution < -0.4 is 0 Å². The van der Waals surface area contributed by atoms with Crippen molar-refractivity contribution >= 4 is 11.8 Å². The smallest absolute Gasteiger partial charge is 0.148 e. The molecule has 1 saturated heterocycles. The topological polar surface area (TPSA) is 0 Å². The van der Waals surface area contributed by atoms with E-state index in [1.807, 2.05) is 0 Å². The van der Waals surface area contributed by atoms with E-state index in [4.69, 9.17) is 0 Å². The standard InChI is InChI=1S/C4H6F2S/c5-3-1-2-4(6)7-3/h3-4H,1-2H2. The molecule has 0 saturated carbocycles. The number of halogens is 2. The van der Waals surface area contributed by atoms with E-state index in [-0.39, 0.29) is 0 Å². The molecule has 0 aromatic carbocycles. The Labute approximate surface area is 45.3 Å². The van der Waals surface area contributed by atoms with Crippen molar-refractivity contribution < 1.29 is 8.78 Å². The molecule has 0 nitrogen and oxygen atoms in total. The van der Waals surface area contributed by atoms with E-state index in [0.29, 0.717) is 12.8 Å². The number of hydrogen-bond acceptors (Lipinski definition) is 1. The van der Waals surface area contributed by atoms with E-state index in [0.717, 1.165) is 11.8 Å². The number of rotatable bonds is 0. The average Bonchev–Trinajstić information content (AvgIpc) is 1.87. The van der Waals surface area contributed by atoms with Crippen molar-refractivity contribution in [3.63, 3.8) is 0 Å². The first-order valence-corrected chi connectivity index (χ1v) is 3.17. The monoisotopic (exact) mass is 124 g/mol. The van der Waals surface area contributed by atoms with Crippen LogP contribution >= 0.6 is 11.8 Å². The van der Waals surface area contributed by atoms with Gasteiger partial charge in [-0.15, -0.1) is 0 Å². The summed E-state index contributed by atoms with van der Waals surface area (Å²) in [5.74, 6) is 0. The zero-order chi connectivity index (χ0) is 5.28. The lowest BCUT2D eigenvalue weighted by Gasteiger charge is -1.90. The fraction of sp³-hybridized carbons (Fsp3) is 1.00. The first kappa shape index (κ1) is 5.35. The molecule has 0 amide bonds. The first-order chi connectivity index (χ1) is 3.29. The van der Waals surface area contributed by atoms with Crippen molar-refractivity contribution in [2.75, 3.05) is 0 Å². The van der Waals surface area contributed by atoms with Crippen LogP contribution in [0.25, 0.3) is 0 Å². The van der Waals surface area contributed by atoms with Crippen molar-refractivity contribution in [3.05, 3.63) is 0 Å². The van der Waals surface area contributed by atoms with E-state index >= 15 is 0 Å². The Morgan fingerprint density at radius 1 is 1.14 bits per heavy atom. The second-order valence-electron chi connectivity index (χ2n) is 1.53. The molecule has 1 aliphatic heterocycles. The van der Waals surface area contributed by atoms with Crippen LogP contribution in [-0.4, -0.2) is 11.0 Å². The van der Waals surface area contributed by atoms with Crippen LogP contribution in [0.5, 0.6) is 0 Å². The summed E-state index contributed by atoms with van der Waals surface area (Å²) in [7, 11) is 0. The number of hydrogen-bond donors (Lipinski definition) is 0. The third-order valence-corrected chi connectivity index (χ3v) is 1.98. The molecule has 3 heteroatoms. The average molecular weight is 124 g/mol. The Balaban J connectivity index is 2.26. The van der Waals surface area contributed by atoms with Crippen LogP contribution in [-0.2, 0) is 0 Å². The fourth-order valence-corrected chi connectivity index (χ4v) is 1.42. The Hall–Kier alpha value is 0.210. The van der Waals surface area contributed by atoms with Gasteiger partial charge in [-0.1, -0.05) is 11.8 Å². The highest BCUT2D eigenvalue weighted by atomic mass is 32.2. The first-order valence-electron chi connectivity index (χ1n) is 2.22. The summed E-state index contributed by atoms with van der Waals surface area (Å²) < 4.78 is 23.8. The molecule has 0 N–H and O–H groups in total. The van der Waals surface area contributed by atoms with E-state index < -0.39 is 11.0 Å². The van der Waals surface area contributed by atoms with Crippen LogP contribution in [0.1, 0.15) is 12.8 Å². The third kappa shape index (κ3) is 1.30. The molecule has 0 aliphatic carbocycles. The SMILES string of the molecule is FC1CCC(F)S1. The van der Waals surface area contributed by atoms with Gasteiger partial charge in [0.25, 0.3) is 0 Å². The highest BCUT2D eigenvalue weighted by molar-refractivity contribution is 8.00. The van der Waals surface area contributed by atoms with Gasteiger partial charge in [0.1, 0.15) is 11.0 Å². The summed E-state index contributed by atoms with van der Waals surface area (Å²) in [4.78, 5) is 0. The molecular weight excluding hydrogens is 118 g/mol. The van der Waals surface area contributed by atoms with E-state index in [1.165, 1.54) is 0 Å². The molecule has 0 aromatic heterocycles. The largest absolute Gasteiger partial charge is 0.236 e. The molecule has 2 atom stereocenters. The molecule has 0 aromatic rings. The zero-order valence-corrected chi connectivity index (χ0v) is 4.55. The van der Waals surface area contributed by atoms with Crippen molar-refractivity contribution in [2.45, 2.75) is 23.8 Å². The van der Waals surface area contributed by atoms with Crippen LogP contribution in [0.3, 0.4) is 0 Å². The molecule has 42 valence electrons. The second-order valence-corrected chi connectivity index (χ2v) is 2.83. The van der Waals surface area contributed by atoms with Gasteiger partial charge in [-0.25, -0.2) is 8.78 Å². The lowest BCUT2D eigenvalue weighted by Crippen LogP contribution is -1.81. The molecule has 0 spiro atoms. The summed E-state index contributed by atoms with van der Waals surface area (Å²) in [5, 5.41) is 0. The van der Waals surface area contributed by atoms with Gasteiger partial charge in [-0.2, -0.15) is 0 Å². The molecule has 0 bridgehead atoms. The predicted octanol–water partition coefficient (Wildman–Crippen LogP) is 2.10. The maximum Gasteiger partial charge on any atom is 0.148 e. The zero-order valence-electron chi connectivity index (χ0n) is 3.73. The fourth-order valence-electron chi connectivity index (χ4n) is 0.558. The summed E-state index contributed by atoms with van der Waals surface area (Å²) in [6, 6.07) is 0. The summed E-state index contributed by atoms with van der Waals surface area (Å²) in [6.45, 7) is 0. The predicted molar refractivity (Wildman–Crippen MR) is 26.6 cm³/mol. The lowest BCUT2D eigenvalue weighted by molar-refractivity contribution is 0.404. The Morgan fingerprint density at radius 3 is 1.71 bits per heavy atom. The molecule has 0 radical (unpaired) electrons. The van der Waals surface area contributed by atoms with Crippen molar-refractivity contribution in [3.8, 4) is 0 Å². The maximum atomic E-state index is 11.9. The molecule has 1 fully saturated rings. The van der Waals surface area contributed by atoms with Crippen molar-refractivity contribution in [2.24, 2.45) is 0 Å². The lowest BCUT2D eigenvalue weighted by atomic mass is 10.4. The van der Waals surface area contributed by atoms with E-state index in [9.17, 15) is 8.78 Å². The molecule has 7 heavy (non-hydrogen) atoms. The van der Waals surface area contributed by atoms with Crippen LogP contribution in [0.15, 0.2) is 0 Å². The molecule has 1 heterocycles. The molecule has 2 unspecified atom stereocenters. The minimum atomic E-state index is -0.935. The minimum Gasteiger partial charge on any atom is -0.236 e. The third-order valence-electron chi connectivity index (χ3n) is 0.916. The van der Waals surface area contributed by atoms with Gasteiger partial charge in [0, 0.05) is 0 Å². The van der Waals surface area contributed by atoms with Crippen molar-refractivity contribution in [1.29, 1.82) is 0 Å². The Kier molecular flexibility index (Phi) is 1.52. The van der Waals surface area contributed by atoms with Crippen LogP contribution in [0.4, 0.5) is 8.78 Å². The van der Waals surface area contributed by atoms with Gasteiger partial charge < -0.3 is 0 Å². The molecule has 1 aliphatic rings. The highest BCUT2D eigenvalue weighted by Gasteiger charge is 2.23. The highest BCUT2D eigenvalue weighted by Crippen LogP contribution is 2.34. The van der Waals surface area contributed by atoms with Gasteiger partial charge in [0.2, 0.25) is 0 Å². The maximum absolute atomic E-state index is 11.9. The van der Waals surface area contributed by atoms with Crippen LogP contribution in [0, 0.1) is 0 Å². The van der Waals surface area contributed by atoms with Gasteiger partial charge >= 0.3 is 0 Å². The molecule has 1 rings (SSSR count). The van der Waals surface area contributed by atoms with Gasteiger partial charge in [-0.3, -0.25) is 0 Å². The van der Waals surface area contributed by atoms with E-state index in [1.54, 1.807) is 0 Å². The normalized spacial score (nSPS) is 42.0. The van der Waals surface area contributed by atoms with Crippen molar-refractivity contribution in [1.82, 2.24) is 0 Å². The Morgan fingerprint density at radius 2 is 1.57 bits per heavy atom. The summed E-state index contributed by atoms with van der Waals surface area (Å²) in [5.41, 5.74) is -1.87. The quantitative estimate of drug-likeness (QED) is 0.476. The number of alkyl halides is 2. The van der Waals surface area contributed by atoms with Gasteiger partial charge in [0.15, 0.2) is 0 Å². The van der Waals surface area contributed by atoms with Gasteiger partial charge in [0.05, 0.1) is 0 Å². The minimum absolute atomic E-state index is 0.395. The summed E-state index contributed by atoms with van der Waals surface area (Å²) in [6.07, 6.45) is 0.789.